The van der Waals surface area contributed by atoms with Crippen molar-refractivity contribution in [1.82, 2.24) is 4.90 Å². The SMILES string of the molecule is O=C(OC1CN(C(=O)c2ccccc2)C(C2=CCCCC2)=CC1=O)c1ccccc1. The van der Waals surface area contributed by atoms with Gasteiger partial charge in [-0.2, -0.15) is 0 Å². The van der Waals surface area contributed by atoms with Crippen LogP contribution < -0.4 is 0 Å². The molecule has 0 N–H and O–H groups in total. The highest BCUT2D eigenvalue weighted by Crippen LogP contribution is 2.30. The average molecular weight is 401 g/mol. The zero-order chi connectivity index (χ0) is 20.9. The Bertz CT molecular complexity index is 1010. The molecule has 2 aliphatic rings. The van der Waals surface area contributed by atoms with Crippen LogP contribution in [0, 0.1) is 0 Å². The first-order valence-corrected chi connectivity index (χ1v) is 10.2. The summed E-state index contributed by atoms with van der Waals surface area (Å²) < 4.78 is 5.50. The summed E-state index contributed by atoms with van der Waals surface area (Å²) in [7, 11) is 0. The Balaban J connectivity index is 1.63. The molecule has 5 nitrogen and oxygen atoms in total. The first-order valence-electron chi connectivity index (χ1n) is 10.2. The van der Waals surface area contributed by atoms with Gasteiger partial charge in [0.15, 0.2) is 11.9 Å². The van der Waals surface area contributed by atoms with E-state index in [4.69, 9.17) is 4.74 Å². The summed E-state index contributed by atoms with van der Waals surface area (Å²) >= 11 is 0. The summed E-state index contributed by atoms with van der Waals surface area (Å²) in [5.41, 5.74) is 2.53. The molecule has 0 spiro atoms. The van der Waals surface area contributed by atoms with Gasteiger partial charge in [-0.1, -0.05) is 42.5 Å². The van der Waals surface area contributed by atoms with E-state index in [0.29, 0.717) is 16.8 Å². The minimum absolute atomic E-state index is 0.00824. The monoisotopic (exact) mass is 401 g/mol. The highest BCUT2D eigenvalue weighted by molar-refractivity contribution is 6.03. The second-order valence-corrected chi connectivity index (χ2v) is 7.45. The number of carbonyl (C=O) groups excluding carboxylic acids is 3. The van der Waals surface area contributed by atoms with E-state index in [9.17, 15) is 14.4 Å². The Morgan fingerprint density at radius 1 is 0.900 bits per heavy atom. The number of hydrogen-bond donors (Lipinski definition) is 0. The van der Waals surface area contributed by atoms with Gasteiger partial charge >= 0.3 is 5.97 Å². The molecular formula is C25H23NO4. The third-order valence-corrected chi connectivity index (χ3v) is 5.38. The van der Waals surface area contributed by atoms with Gasteiger partial charge in [-0.25, -0.2) is 4.79 Å². The van der Waals surface area contributed by atoms with Crippen molar-refractivity contribution < 1.29 is 19.1 Å². The molecule has 0 bridgehead atoms. The number of nitrogens with zero attached hydrogens (tertiary/aromatic N) is 1. The molecule has 4 rings (SSSR count). The number of benzene rings is 2. The van der Waals surface area contributed by atoms with Crippen LogP contribution in [0.5, 0.6) is 0 Å². The Morgan fingerprint density at radius 2 is 1.57 bits per heavy atom. The van der Waals surface area contributed by atoms with Gasteiger partial charge in [0.2, 0.25) is 0 Å². The minimum Gasteiger partial charge on any atom is -0.448 e. The van der Waals surface area contributed by atoms with Crippen molar-refractivity contribution in [2.75, 3.05) is 6.54 Å². The zero-order valence-electron chi connectivity index (χ0n) is 16.6. The predicted molar refractivity (Wildman–Crippen MR) is 113 cm³/mol. The van der Waals surface area contributed by atoms with Crippen LogP contribution in [-0.4, -0.2) is 35.2 Å². The van der Waals surface area contributed by atoms with E-state index in [1.807, 2.05) is 6.07 Å². The number of allylic oxidation sites excluding steroid dienone is 2. The summed E-state index contributed by atoms with van der Waals surface area (Å²) in [4.78, 5) is 40.1. The Kier molecular flexibility index (Phi) is 5.89. The minimum atomic E-state index is -1.03. The molecule has 0 fully saturated rings. The molecule has 1 aliphatic carbocycles. The smallest absolute Gasteiger partial charge is 0.338 e. The van der Waals surface area contributed by atoms with Crippen molar-refractivity contribution in [3.8, 4) is 0 Å². The van der Waals surface area contributed by atoms with Gasteiger partial charge < -0.3 is 9.64 Å². The maximum atomic E-state index is 13.3. The topological polar surface area (TPSA) is 63.7 Å². The number of ether oxygens (including phenoxy) is 1. The lowest BCUT2D eigenvalue weighted by Gasteiger charge is -2.34. The third kappa shape index (κ3) is 4.25. The molecule has 0 saturated heterocycles. The summed E-state index contributed by atoms with van der Waals surface area (Å²) in [5, 5.41) is 0. The van der Waals surface area contributed by atoms with Gasteiger partial charge in [0.25, 0.3) is 5.91 Å². The number of rotatable bonds is 4. The van der Waals surface area contributed by atoms with E-state index in [1.54, 1.807) is 59.5 Å². The molecule has 2 aromatic rings. The summed E-state index contributed by atoms with van der Waals surface area (Å²) in [6.45, 7) is 0.00824. The van der Waals surface area contributed by atoms with E-state index >= 15 is 0 Å². The lowest BCUT2D eigenvalue weighted by molar-refractivity contribution is -0.124. The van der Waals surface area contributed by atoms with Crippen LogP contribution in [-0.2, 0) is 9.53 Å². The number of ketones is 1. The van der Waals surface area contributed by atoms with Crippen molar-refractivity contribution in [3.63, 3.8) is 0 Å². The molecule has 30 heavy (non-hydrogen) atoms. The van der Waals surface area contributed by atoms with Crippen molar-refractivity contribution in [2.45, 2.75) is 31.8 Å². The standard InChI is InChI=1S/C25H23NO4/c27-22-16-21(18-10-4-1-5-11-18)26(24(28)19-12-6-2-7-13-19)17-23(22)30-25(29)20-14-8-3-9-15-20/h2-3,6-10,12-16,23H,1,4-5,11,17H2. The van der Waals surface area contributed by atoms with Crippen molar-refractivity contribution >= 4 is 17.7 Å². The fourth-order valence-corrected chi connectivity index (χ4v) is 3.79. The lowest BCUT2D eigenvalue weighted by Crippen LogP contribution is -2.46. The first-order chi connectivity index (χ1) is 14.6. The number of carbonyl (C=O) groups is 3. The molecule has 0 saturated carbocycles. The number of amides is 1. The molecule has 1 heterocycles. The second kappa shape index (κ2) is 8.91. The number of esters is 1. The normalized spacial score (nSPS) is 19.0. The van der Waals surface area contributed by atoms with Crippen molar-refractivity contribution in [2.24, 2.45) is 0 Å². The molecule has 5 heteroatoms. The average Bonchev–Trinajstić information content (AvgIpc) is 2.81. The van der Waals surface area contributed by atoms with Crippen LogP contribution in [0.3, 0.4) is 0 Å². The molecule has 1 unspecified atom stereocenters. The van der Waals surface area contributed by atoms with E-state index < -0.39 is 12.1 Å². The molecule has 1 atom stereocenters. The van der Waals surface area contributed by atoms with E-state index in [1.165, 1.54) is 6.08 Å². The second-order valence-electron chi connectivity index (χ2n) is 7.45. The summed E-state index contributed by atoms with van der Waals surface area (Å²) in [6, 6.07) is 17.5. The van der Waals surface area contributed by atoms with Gasteiger partial charge in [0.05, 0.1) is 17.8 Å². The van der Waals surface area contributed by atoms with Gasteiger partial charge in [-0.3, -0.25) is 9.59 Å². The quantitative estimate of drug-likeness (QED) is 0.716. The largest absolute Gasteiger partial charge is 0.448 e. The van der Waals surface area contributed by atoms with E-state index in [-0.39, 0.29) is 18.2 Å². The maximum absolute atomic E-state index is 13.3. The highest BCUT2D eigenvalue weighted by atomic mass is 16.5. The molecule has 152 valence electrons. The van der Waals surface area contributed by atoms with Gasteiger partial charge in [-0.05, 0) is 55.5 Å². The third-order valence-electron chi connectivity index (χ3n) is 5.38. The van der Waals surface area contributed by atoms with Crippen LogP contribution in [0.1, 0.15) is 46.4 Å². The van der Waals surface area contributed by atoms with Gasteiger partial charge in [-0.15, -0.1) is 0 Å². The van der Waals surface area contributed by atoms with Crippen LogP contribution in [0.15, 0.2) is 84.1 Å². The molecule has 0 aromatic heterocycles. The summed E-state index contributed by atoms with van der Waals surface area (Å²) in [6.07, 6.45) is 6.42. The van der Waals surface area contributed by atoms with Crippen molar-refractivity contribution in [1.29, 1.82) is 0 Å². The van der Waals surface area contributed by atoms with Crippen LogP contribution >= 0.6 is 0 Å². The van der Waals surface area contributed by atoms with E-state index in [0.717, 1.165) is 31.3 Å². The maximum Gasteiger partial charge on any atom is 0.338 e. The van der Waals surface area contributed by atoms with E-state index in [2.05, 4.69) is 6.08 Å². The van der Waals surface area contributed by atoms with Crippen LogP contribution in [0.4, 0.5) is 0 Å². The lowest BCUT2D eigenvalue weighted by atomic mass is 9.93. The predicted octanol–water partition coefficient (Wildman–Crippen LogP) is 4.32. The molecule has 1 aliphatic heterocycles. The van der Waals surface area contributed by atoms with Gasteiger partial charge in [0, 0.05) is 11.6 Å². The van der Waals surface area contributed by atoms with Crippen molar-refractivity contribution in [3.05, 3.63) is 95.2 Å². The number of hydrogen-bond acceptors (Lipinski definition) is 4. The Hall–Kier alpha value is -3.47. The zero-order valence-corrected chi connectivity index (χ0v) is 16.6. The highest BCUT2D eigenvalue weighted by Gasteiger charge is 2.35. The summed E-state index contributed by atoms with van der Waals surface area (Å²) in [5.74, 6) is -1.07. The molecular weight excluding hydrogens is 378 g/mol. The molecule has 2 aromatic carbocycles. The first kappa shape index (κ1) is 19.8. The fraction of sp³-hybridized carbons (Fsp3) is 0.240. The molecule has 0 radical (unpaired) electrons. The molecule has 1 amide bonds. The fourth-order valence-electron chi connectivity index (χ4n) is 3.79. The van der Waals surface area contributed by atoms with Crippen LogP contribution in [0.2, 0.25) is 0 Å². The Morgan fingerprint density at radius 3 is 2.20 bits per heavy atom. The van der Waals surface area contributed by atoms with Gasteiger partial charge in [0.1, 0.15) is 0 Å². The Labute approximate surface area is 175 Å². The van der Waals surface area contributed by atoms with Crippen LogP contribution in [0.25, 0.3) is 0 Å².